The molecular weight excluding hydrogens is 623 g/mol. The van der Waals surface area contributed by atoms with Gasteiger partial charge in [-0.3, -0.25) is 0 Å². The molecule has 10 aromatic rings. The Morgan fingerprint density at radius 1 is 0.588 bits per heavy atom. The SMILES string of the molecule is CC1(C)c2ccccc2-c2c1c1c(c3ccccc3n1-c1cccc(-c3nc(-c4ccccc4)c4ccccc4n3)c1)c1c2oc2ccccc21. The summed E-state index contributed by atoms with van der Waals surface area (Å²) in [5.41, 5.74) is 14.0. The van der Waals surface area contributed by atoms with Gasteiger partial charge in [0.05, 0.1) is 22.2 Å². The van der Waals surface area contributed by atoms with Crippen LogP contribution in [0.4, 0.5) is 0 Å². The molecule has 3 heterocycles. The molecule has 3 aromatic heterocycles. The predicted molar refractivity (Wildman–Crippen MR) is 210 cm³/mol. The molecule has 0 saturated carbocycles. The van der Waals surface area contributed by atoms with Crippen molar-refractivity contribution in [2.24, 2.45) is 0 Å². The highest BCUT2D eigenvalue weighted by molar-refractivity contribution is 6.31. The van der Waals surface area contributed by atoms with E-state index in [9.17, 15) is 0 Å². The van der Waals surface area contributed by atoms with Crippen molar-refractivity contribution in [3.05, 3.63) is 163 Å². The molecule has 11 rings (SSSR count). The molecule has 51 heavy (non-hydrogen) atoms. The molecule has 0 atom stereocenters. The molecule has 0 radical (unpaired) electrons. The van der Waals surface area contributed by atoms with Crippen LogP contribution >= 0.6 is 0 Å². The quantitative estimate of drug-likeness (QED) is 0.191. The van der Waals surface area contributed by atoms with E-state index >= 15 is 0 Å². The molecule has 0 unspecified atom stereocenters. The average molecular weight is 654 g/mol. The van der Waals surface area contributed by atoms with Crippen molar-refractivity contribution >= 4 is 54.6 Å². The lowest BCUT2D eigenvalue weighted by Crippen LogP contribution is -2.16. The van der Waals surface area contributed by atoms with Gasteiger partial charge < -0.3 is 8.98 Å². The minimum Gasteiger partial charge on any atom is -0.455 e. The summed E-state index contributed by atoms with van der Waals surface area (Å²) < 4.78 is 9.32. The number of rotatable bonds is 3. The Labute approximate surface area is 294 Å². The number of aromatic nitrogens is 3. The third kappa shape index (κ3) is 3.85. The highest BCUT2D eigenvalue weighted by atomic mass is 16.3. The molecule has 1 aliphatic rings. The minimum absolute atomic E-state index is 0.271. The van der Waals surface area contributed by atoms with Gasteiger partial charge in [-0.2, -0.15) is 0 Å². The van der Waals surface area contributed by atoms with E-state index in [1.807, 2.05) is 12.1 Å². The van der Waals surface area contributed by atoms with Crippen molar-refractivity contribution in [1.29, 1.82) is 0 Å². The zero-order valence-electron chi connectivity index (χ0n) is 28.2. The van der Waals surface area contributed by atoms with E-state index in [0.717, 1.165) is 55.5 Å². The second kappa shape index (κ2) is 10.3. The van der Waals surface area contributed by atoms with Crippen LogP contribution in [0.5, 0.6) is 0 Å². The van der Waals surface area contributed by atoms with Gasteiger partial charge in [-0.05, 0) is 47.0 Å². The molecule has 0 N–H and O–H groups in total. The Morgan fingerprint density at radius 2 is 1.29 bits per heavy atom. The van der Waals surface area contributed by atoms with E-state index in [4.69, 9.17) is 14.4 Å². The molecule has 0 saturated heterocycles. The lowest BCUT2D eigenvalue weighted by atomic mass is 9.81. The number of para-hydroxylation sites is 3. The van der Waals surface area contributed by atoms with Gasteiger partial charge in [-0.25, -0.2) is 9.97 Å². The molecule has 4 nitrogen and oxygen atoms in total. The summed E-state index contributed by atoms with van der Waals surface area (Å²) in [5.74, 6) is 0.705. The van der Waals surface area contributed by atoms with Gasteiger partial charge in [0.1, 0.15) is 11.2 Å². The summed E-state index contributed by atoms with van der Waals surface area (Å²) in [6, 6.07) is 53.5. The average Bonchev–Trinajstić information content (AvgIpc) is 3.80. The van der Waals surface area contributed by atoms with Gasteiger partial charge in [-0.15, -0.1) is 0 Å². The number of hydrogen-bond acceptors (Lipinski definition) is 3. The standard InChI is InChI=1S/C47H31N3O/c1-47(2)35-23-10-6-19-31(35)41-42(47)44-39(40-34-22-9-13-26-38(34)51-45(40)41)33-21-8-12-25-37(33)50(44)30-18-14-17-29(27-30)46-48-36-24-11-7-20-32(36)43(49-46)28-15-4-3-5-16-28/h3-27H,1-2H3. The highest BCUT2D eigenvalue weighted by Crippen LogP contribution is 2.57. The topological polar surface area (TPSA) is 43.9 Å². The van der Waals surface area contributed by atoms with Crippen molar-refractivity contribution in [1.82, 2.24) is 14.5 Å². The summed E-state index contributed by atoms with van der Waals surface area (Å²) >= 11 is 0. The second-order valence-electron chi connectivity index (χ2n) is 14.1. The third-order valence-corrected chi connectivity index (χ3v) is 10.9. The van der Waals surface area contributed by atoms with E-state index in [1.165, 1.54) is 43.9 Å². The van der Waals surface area contributed by atoms with Crippen LogP contribution in [-0.4, -0.2) is 14.5 Å². The number of hydrogen-bond donors (Lipinski definition) is 0. The minimum atomic E-state index is -0.271. The van der Waals surface area contributed by atoms with E-state index < -0.39 is 0 Å². The van der Waals surface area contributed by atoms with Gasteiger partial charge in [0.2, 0.25) is 0 Å². The Kier molecular flexibility index (Phi) is 5.70. The number of fused-ring (bicyclic) bond motifs is 13. The zero-order valence-corrected chi connectivity index (χ0v) is 28.2. The summed E-state index contributed by atoms with van der Waals surface area (Å²) in [4.78, 5) is 10.4. The van der Waals surface area contributed by atoms with Crippen molar-refractivity contribution in [3.8, 4) is 39.5 Å². The van der Waals surface area contributed by atoms with E-state index in [0.29, 0.717) is 5.82 Å². The van der Waals surface area contributed by atoms with Gasteiger partial charge in [0, 0.05) is 54.7 Å². The number of benzene rings is 7. The Balaban J connectivity index is 1.26. The van der Waals surface area contributed by atoms with Crippen LogP contribution in [0.25, 0.3) is 94.1 Å². The first-order chi connectivity index (χ1) is 25.1. The maximum Gasteiger partial charge on any atom is 0.160 e. The molecule has 0 aliphatic heterocycles. The predicted octanol–water partition coefficient (Wildman–Crippen LogP) is 12.3. The smallest absolute Gasteiger partial charge is 0.160 e. The lowest BCUT2D eigenvalue weighted by Gasteiger charge is -2.24. The summed E-state index contributed by atoms with van der Waals surface area (Å²) in [6.45, 7) is 4.72. The first kappa shape index (κ1) is 28.3. The van der Waals surface area contributed by atoms with Crippen LogP contribution < -0.4 is 0 Å². The van der Waals surface area contributed by atoms with Crippen LogP contribution in [0, 0.1) is 0 Å². The fraction of sp³-hybridized carbons (Fsp3) is 0.0638. The van der Waals surface area contributed by atoms with Crippen LogP contribution in [-0.2, 0) is 5.41 Å². The summed E-state index contributed by atoms with van der Waals surface area (Å²) in [6.07, 6.45) is 0. The highest BCUT2D eigenvalue weighted by Gasteiger charge is 2.41. The molecule has 240 valence electrons. The fourth-order valence-corrected chi connectivity index (χ4v) is 8.75. The summed E-state index contributed by atoms with van der Waals surface area (Å²) in [7, 11) is 0. The van der Waals surface area contributed by atoms with Crippen molar-refractivity contribution < 1.29 is 4.42 Å². The van der Waals surface area contributed by atoms with Crippen LogP contribution in [0.15, 0.2) is 156 Å². The second-order valence-corrected chi connectivity index (χ2v) is 14.1. The van der Waals surface area contributed by atoms with Crippen molar-refractivity contribution in [2.75, 3.05) is 0 Å². The molecular formula is C47H31N3O. The fourth-order valence-electron chi connectivity index (χ4n) is 8.75. The molecule has 0 spiro atoms. The van der Waals surface area contributed by atoms with Gasteiger partial charge in [0.25, 0.3) is 0 Å². The molecule has 1 aliphatic carbocycles. The molecule has 0 amide bonds. The van der Waals surface area contributed by atoms with Gasteiger partial charge in [-0.1, -0.05) is 135 Å². The maximum atomic E-state index is 6.85. The molecule has 0 fully saturated rings. The van der Waals surface area contributed by atoms with Gasteiger partial charge >= 0.3 is 0 Å². The largest absolute Gasteiger partial charge is 0.455 e. The first-order valence-corrected chi connectivity index (χ1v) is 17.5. The van der Waals surface area contributed by atoms with Crippen LogP contribution in [0.2, 0.25) is 0 Å². The molecule has 7 aromatic carbocycles. The third-order valence-electron chi connectivity index (χ3n) is 10.9. The summed E-state index contributed by atoms with van der Waals surface area (Å²) in [5, 5.41) is 5.78. The Morgan fingerprint density at radius 3 is 2.18 bits per heavy atom. The van der Waals surface area contributed by atoms with Crippen molar-refractivity contribution in [3.63, 3.8) is 0 Å². The monoisotopic (exact) mass is 653 g/mol. The van der Waals surface area contributed by atoms with Crippen molar-refractivity contribution in [2.45, 2.75) is 19.3 Å². The zero-order chi connectivity index (χ0) is 33.8. The number of nitrogens with zero attached hydrogens (tertiary/aromatic N) is 3. The van der Waals surface area contributed by atoms with Crippen LogP contribution in [0.3, 0.4) is 0 Å². The van der Waals surface area contributed by atoms with E-state index in [1.54, 1.807) is 0 Å². The molecule has 4 heteroatoms. The van der Waals surface area contributed by atoms with E-state index in [-0.39, 0.29) is 5.41 Å². The number of furan rings is 1. The Bertz CT molecular complexity index is 3060. The first-order valence-electron chi connectivity index (χ1n) is 17.5. The molecule has 0 bridgehead atoms. The lowest BCUT2D eigenvalue weighted by molar-refractivity contribution is 0.656. The Hall–Kier alpha value is -6.52. The van der Waals surface area contributed by atoms with Crippen LogP contribution in [0.1, 0.15) is 25.0 Å². The maximum absolute atomic E-state index is 6.85. The normalized spacial score (nSPS) is 13.5. The van der Waals surface area contributed by atoms with Gasteiger partial charge in [0.15, 0.2) is 5.82 Å². The van der Waals surface area contributed by atoms with E-state index in [2.05, 4.69) is 158 Å².